The molecule has 0 aliphatic heterocycles. The van der Waals surface area contributed by atoms with Gasteiger partial charge in [-0.15, -0.1) is 0 Å². The summed E-state index contributed by atoms with van der Waals surface area (Å²) in [4.78, 5) is 21.6. The Kier molecular flexibility index (Phi) is 21.4. The molecule has 1 aromatic carbocycles. The molecule has 0 atom stereocenters. The number of amides is 1. The van der Waals surface area contributed by atoms with Gasteiger partial charge in [0.1, 0.15) is 18.0 Å². The Bertz CT molecular complexity index is 789. The van der Waals surface area contributed by atoms with Crippen LogP contribution in [0.1, 0.15) is 20.8 Å². The number of nitrogens with zero attached hydrogens (tertiary/aromatic N) is 1. The van der Waals surface area contributed by atoms with Crippen LogP contribution in [0.5, 0.6) is 5.75 Å². The first-order chi connectivity index (χ1) is 19.8. The molecule has 0 aliphatic rings. The maximum absolute atomic E-state index is 11.5. The third-order valence-electron chi connectivity index (χ3n) is 4.69. The van der Waals surface area contributed by atoms with Crippen molar-refractivity contribution in [3.8, 4) is 5.75 Å². The lowest BCUT2D eigenvalue weighted by Crippen LogP contribution is -2.34. The van der Waals surface area contributed by atoms with Crippen molar-refractivity contribution in [2.24, 2.45) is 0 Å². The second-order valence-corrected chi connectivity index (χ2v) is 9.31. The van der Waals surface area contributed by atoms with Gasteiger partial charge < -0.3 is 47.9 Å². The number of rotatable bonds is 26. The average molecular weight is 591 g/mol. The van der Waals surface area contributed by atoms with E-state index in [0.29, 0.717) is 111 Å². The van der Waals surface area contributed by atoms with Gasteiger partial charge in [-0.25, -0.2) is 4.79 Å². The number of hydrogen-bond donors (Lipinski definition) is 1. The van der Waals surface area contributed by atoms with Crippen LogP contribution in [0.2, 0.25) is 0 Å². The lowest BCUT2D eigenvalue weighted by molar-refractivity contribution is -0.384. The average Bonchev–Trinajstić information content (AvgIpc) is 2.92. The summed E-state index contributed by atoms with van der Waals surface area (Å²) < 4.78 is 48.5. The van der Waals surface area contributed by atoms with Gasteiger partial charge in [-0.3, -0.25) is 10.1 Å². The standard InChI is InChI=1S/C27H46N2O12/c1-27(2,3)41-26(30)28-8-9-33-10-11-34-12-13-35-14-15-36-16-17-37-18-19-38-20-21-39-22-23-40-25-6-4-24(5-7-25)29(31)32/h4-7H,8-23H2,1-3H3,(H,28,30). The molecule has 0 spiro atoms. The summed E-state index contributed by atoms with van der Waals surface area (Å²) in [6, 6.07) is 5.89. The monoisotopic (exact) mass is 590 g/mol. The van der Waals surface area contributed by atoms with Crippen molar-refractivity contribution in [3.05, 3.63) is 34.4 Å². The lowest BCUT2D eigenvalue weighted by Gasteiger charge is -2.19. The van der Waals surface area contributed by atoms with E-state index in [0.717, 1.165) is 0 Å². The number of non-ortho nitro benzene ring substituents is 1. The molecule has 1 rings (SSSR count). The van der Waals surface area contributed by atoms with Crippen LogP contribution in [-0.2, 0) is 37.9 Å². The van der Waals surface area contributed by atoms with Crippen molar-refractivity contribution in [2.75, 3.05) is 106 Å². The zero-order valence-electron chi connectivity index (χ0n) is 24.5. The molecule has 0 radical (unpaired) electrons. The van der Waals surface area contributed by atoms with Crippen molar-refractivity contribution in [1.82, 2.24) is 5.32 Å². The second-order valence-electron chi connectivity index (χ2n) is 9.31. The van der Waals surface area contributed by atoms with Crippen molar-refractivity contribution in [1.29, 1.82) is 0 Å². The molecule has 1 amide bonds. The zero-order valence-corrected chi connectivity index (χ0v) is 24.5. The predicted octanol–water partition coefficient (Wildman–Crippen LogP) is 2.61. The number of nitrogens with one attached hydrogen (secondary N) is 1. The summed E-state index contributed by atoms with van der Waals surface area (Å²) in [5, 5.41) is 13.2. The molecule has 0 unspecified atom stereocenters. The molecular weight excluding hydrogens is 544 g/mol. The predicted molar refractivity (Wildman–Crippen MR) is 149 cm³/mol. The SMILES string of the molecule is CC(C)(C)OC(=O)NCCOCCOCCOCCOCCOCCOCCOCCOc1ccc([N+](=O)[O-])cc1. The Morgan fingerprint density at radius 1 is 0.659 bits per heavy atom. The molecule has 14 nitrogen and oxygen atoms in total. The highest BCUT2D eigenvalue weighted by molar-refractivity contribution is 5.67. The third kappa shape index (κ3) is 23.8. The number of ether oxygens (including phenoxy) is 9. The normalized spacial score (nSPS) is 11.4. The van der Waals surface area contributed by atoms with Gasteiger partial charge in [0.15, 0.2) is 0 Å². The minimum absolute atomic E-state index is 0.0228. The lowest BCUT2D eigenvalue weighted by atomic mass is 10.2. The summed E-state index contributed by atoms with van der Waals surface area (Å²) in [5.74, 6) is 0.553. The first-order valence-corrected chi connectivity index (χ1v) is 13.7. The maximum Gasteiger partial charge on any atom is 0.407 e. The Morgan fingerprint density at radius 2 is 1.02 bits per heavy atom. The van der Waals surface area contributed by atoms with Crippen LogP contribution in [-0.4, -0.2) is 122 Å². The molecule has 14 heteroatoms. The van der Waals surface area contributed by atoms with Crippen LogP contribution >= 0.6 is 0 Å². The van der Waals surface area contributed by atoms with E-state index in [1.807, 2.05) is 20.8 Å². The van der Waals surface area contributed by atoms with E-state index in [1.54, 1.807) is 12.1 Å². The summed E-state index contributed by atoms with van der Waals surface area (Å²) >= 11 is 0. The number of benzene rings is 1. The number of carbonyl (C=O) groups excluding carboxylic acids is 1. The van der Waals surface area contributed by atoms with Gasteiger partial charge in [0.25, 0.3) is 5.69 Å². The molecule has 0 heterocycles. The fraction of sp³-hybridized carbons (Fsp3) is 0.741. The highest BCUT2D eigenvalue weighted by Crippen LogP contribution is 2.17. The van der Waals surface area contributed by atoms with Crippen molar-refractivity contribution < 1.29 is 52.3 Å². The highest BCUT2D eigenvalue weighted by atomic mass is 16.6. The van der Waals surface area contributed by atoms with Crippen LogP contribution in [0.25, 0.3) is 0 Å². The van der Waals surface area contributed by atoms with E-state index in [4.69, 9.17) is 42.6 Å². The van der Waals surface area contributed by atoms with Crippen molar-refractivity contribution in [2.45, 2.75) is 26.4 Å². The van der Waals surface area contributed by atoms with E-state index in [-0.39, 0.29) is 5.69 Å². The topological polar surface area (TPSA) is 155 Å². The van der Waals surface area contributed by atoms with Crippen molar-refractivity contribution >= 4 is 11.8 Å². The third-order valence-corrected chi connectivity index (χ3v) is 4.69. The molecule has 0 aromatic heterocycles. The summed E-state index contributed by atoms with van der Waals surface area (Å²) in [5.41, 5.74) is -0.493. The molecule has 1 aromatic rings. The molecule has 236 valence electrons. The van der Waals surface area contributed by atoms with Crippen LogP contribution in [0.3, 0.4) is 0 Å². The van der Waals surface area contributed by atoms with Gasteiger partial charge in [-0.1, -0.05) is 0 Å². The maximum atomic E-state index is 11.5. The number of carbonyl (C=O) groups is 1. The first kappa shape index (κ1) is 36.4. The Labute approximate surface area is 241 Å². The minimum atomic E-state index is -0.516. The number of hydrogen-bond acceptors (Lipinski definition) is 12. The van der Waals surface area contributed by atoms with Crippen molar-refractivity contribution in [3.63, 3.8) is 0 Å². The van der Waals surface area contributed by atoms with Crippen LogP contribution in [0.15, 0.2) is 24.3 Å². The largest absolute Gasteiger partial charge is 0.491 e. The Morgan fingerprint density at radius 3 is 1.39 bits per heavy atom. The molecular formula is C27H46N2O12. The van der Waals surface area contributed by atoms with E-state index in [1.165, 1.54) is 12.1 Å². The summed E-state index contributed by atoms with van der Waals surface area (Å²) in [6.07, 6.45) is -0.459. The summed E-state index contributed by atoms with van der Waals surface area (Å²) in [6.45, 7) is 12.4. The highest BCUT2D eigenvalue weighted by Gasteiger charge is 2.15. The van der Waals surface area contributed by atoms with Gasteiger partial charge >= 0.3 is 6.09 Å². The molecule has 0 bridgehead atoms. The fourth-order valence-electron chi connectivity index (χ4n) is 2.84. The second kappa shape index (κ2) is 24.1. The molecule has 0 saturated heterocycles. The van der Waals surface area contributed by atoms with Gasteiger partial charge in [0.05, 0.1) is 97.4 Å². The quantitative estimate of drug-likeness (QED) is 0.0958. The number of alkyl carbamates (subject to hydrolysis) is 1. The Balaban J connectivity index is 1.71. The van der Waals surface area contributed by atoms with Gasteiger partial charge in [0, 0.05) is 18.7 Å². The molecule has 0 saturated carbocycles. The molecule has 41 heavy (non-hydrogen) atoms. The van der Waals surface area contributed by atoms with E-state index < -0.39 is 16.6 Å². The minimum Gasteiger partial charge on any atom is -0.491 e. The van der Waals surface area contributed by atoms with Gasteiger partial charge in [0.2, 0.25) is 0 Å². The molecule has 1 N–H and O–H groups in total. The van der Waals surface area contributed by atoms with Crippen LogP contribution in [0, 0.1) is 10.1 Å². The van der Waals surface area contributed by atoms with E-state index >= 15 is 0 Å². The van der Waals surface area contributed by atoms with E-state index in [9.17, 15) is 14.9 Å². The fourth-order valence-corrected chi connectivity index (χ4v) is 2.84. The zero-order chi connectivity index (χ0) is 30.0. The van der Waals surface area contributed by atoms with Crippen LogP contribution in [0.4, 0.5) is 10.5 Å². The number of nitro benzene ring substituents is 1. The molecule has 0 aliphatic carbocycles. The van der Waals surface area contributed by atoms with Gasteiger partial charge in [-0.2, -0.15) is 0 Å². The summed E-state index contributed by atoms with van der Waals surface area (Å²) in [7, 11) is 0. The van der Waals surface area contributed by atoms with Gasteiger partial charge in [-0.05, 0) is 32.9 Å². The number of nitro groups is 1. The Hall–Kier alpha value is -2.59. The first-order valence-electron chi connectivity index (χ1n) is 13.7. The van der Waals surface area contributed by atoms with E-state index in [2.05, 4.69) is 5.32 Å². The smallest absolute Gasteiger partial charge is 0.407 e. The molecule has 0 fully saturated rings. The van der Waals surface area contributed by atoms with Crippen LogP contribution < -0.4 is 10.1 Å².